The first kappa shape index (κ1) is 18.4. The Hall–Kier alpha value is -2.95. The third-order valence-corrected chi connectivity index (χ3v) is 6.22. The monoisotopic (exact) mass is 409 g/mol. The predicted octanol–water partition coefficient (Wildman–Crippen LogP) is 3.10. The number of halogens is 3. The molecule has 7 nitrogen and oxygen atoms in total. The molecule has 4 heterocycles. The highest BCUT2D eigenvalue weighted by Gasteiger charge is 2.32. The standard InChI is InChI=1S/C17H14F3N5O2S/c1-3-28(26,27)14-12-6-4-5-7-25(12)23-13(14)16-22-11-8-10(17(18,19)20)9-21-15(11)24(16)2/h4-9H,3H2,1-2H3. The topological polar surface area (TPSA) is 82.1 Å². The maximum Gasteiger partial charge on any atom is 0.417 e. The van der Waals surface area contributed by atoms with Gasteiger partial charge in [0.05, 0.1) is 16.8 Å². The number of aryl methyl sites for hydroxylation is 1. The fourth-order valence-corrected chi connectivity index (χ4v) is 4.21. The molecule has 0 saturated heterocycles. The lowest BCUT2D eigenvalue weighted by Crippen LogP contribution is -2.06. The molecule has 0 atom stereocenters. The molecule has 0 aliphatic carbocycles. The van der Waals surface area contributed by atoms with Crippen LogP contribution in [-0.2, 0) is 23.1 Å². The number of hydrogen-bond donors (Lipinski definition) is 0. The van der Waals surface area contributed by atoms with Crippen LogP contribution in [0.15, 0.2) is 41.6 Å². The van der Waals surface area contributed by atoms with E-state index >= 15 is 0 Å². The second kappa shape index (κ2) is 6.03. The number of pyridine rings is 2. The highest BCUT2D eigenvalue weighted by molar-refractivity contribution is 7.91. The van der Waals surface area contributed by atoms with Crippen molar-refractivity contribution in [2.75, 3.05) is 5.75 Å². The quantitative estimate of drug-likeness (QED) is 0.519. The maximum atomic E-state index is 13.0. The van der Waals surface area contributed by atoms with Crippen LogP contribution in [0.25, 0.3) is 28.2 Å². The first-order valence-corrected chi connectivity index (χ1v) is 9.89. The van der Waals surface area contributed by atoms with Crippen LogP contribution >= 0.6 is 0 Å². The lowest BCUT2D eigenvalue weighted by Gasteiger charge is -2.05. The average molecular weight is 409 g/mol. The van der Waals surface area contributed by atoms with Gasteiger partial charge in [-0.2, -0.15) is 18.3 Å². The Morgan fingerprint density at radius 3 is 2.64 bits per heavy atom. The second-order valence-electron chi connectivity index (χ2n) is 6.17. The van der Waals surface area contributed by atoms with Gasteiger partial charge < -0.3 is 4.57 Å². The van der Waals surface area contributed by atoms with E-state index in [4.69, 9.17) is 0 Å². The molecule has 4 aromatic heterocycles. The molecule has 0 aliphatic rings. The predicted molar refractivity (Wildman–Crippen MR) is 95.4 cm³/mol. The highest BCUT2D eigenvalue weighted by Crippen LogP contribution is 2.34. The van der Waals surface area contributed by atoms with Crippen molar-refractivity contribution in [3.63, 3.8) is 0 Å². The summed E-state index contributed by atoms with van der Waals surface area (Å²) in [7, 11) is -2.13. The van der Waals surface area contributed by atoms with Gasteiger partial charge in [-0.05, 0) is 18.2 Å². The first-order chi connectivity index (χ1) is 13.1. The van der Waals surface area contributed by atoms with Gasteiger partial charge in [0, 0.05) is 19.4 Å². The summed E-state index contributed by atoms with van der Waals surface area (Å²) in [6.45, 7) is 1.51. The van der Waals surface area contributed by atoms with Crippen LogP contribution in [0.5, 0.6) is 0 Å². The first-order valence-electron chi connectivity index (χ1n) is 8.23. The molecule has 0 N–H and O–H groups in total. The fraction of sp³-hybridized carbons (Fsp3) is 0.235. The Balaban J connectivity index is 2.04. The zero-order valence-electron chi connectivity index (χ0n) is 14.8. The molecule has 4 aromatic rings. The van der Waals surface area contributed by atoms with Crippen LogP contribution < -0.4 is 0 Å². The number of aromatic nitrogens is 5. The van der Waals surface area contributed by atoms with E-state index in [1.807, 2.05) is 0 Å². The molecule has 0 unspecified atom stereocenters. The second-order valence-corrected chi connectivity index (χ2v) is 8.39. The molecule has 0 spiro atoms. The summed E-state index contributed by atoms with van der Waals surface area (Å²) in [5, 5.41) is 4.33. The number of sulfone groups is 1. The van der Waals surface area contributed by atoms with Gasteiger partial charge in [0.2, 0.25) is 0 Å². The fourth-order valence-electron chi connectivity index (χ4n) is 3.02. The largest absolute Gasteiger partial charge is 0.417 e. The lowest BCUT2D eigenvalue weighted by atomic mass is 10.2. The maximum absolute atomic E-state index is 13.0. The van der Waals surface area contributed by atoms with Crippen molar-refractivity contribution in [1.82, 2.24) is 24.1 Å². The summed E-state index contributed by atoms with van der Waals surface area (Å²) in [5.74, 6) is -0.0334. The van der Waals surface area contributed by atoms with Crippen LogP contribution in [0.4, 0.5) is 13.2 Å². The van der Waals surface area contributed by atoms with Crippen molar-refractivity contribution >= 4 is 26.5 Å². The number of nitrogens with zero attached hydrogens (tertiary/aromatic N) is 5. The van der Waals surface area contributed by atoms with Crippen molar-refractivity contribution in [2.45, 2.75) is 18.0 Å². The SMILES string of the molecule is CCS(=O)(=O)c1c(-c2nc3cc(C(F)(F)F)cnc3n2C)nn2ccccc12. The Morgan fingerprint density at radius 2 is 1.96 bits per heavy atom. The van der Waals surface area contributed by atoms with Crippen LogP contribution in [0.2, 0.25) is 0 Å². The molecule has 0 bridgehead atoms. The minimum absolute atomic E-state index is 0.00391. The molecule has 0 radical (unpaired) electrons. The van der Waals surface area contributed by atoms with E-state index in [1.54, 1.807) is 31.4 Å². The van der Waals surface area contributed by atoms with Crippen LogP contribution in [0.1, 0.15) is 12.5 Å². The van der Waals surface area contributed by atoms with Crippen LogP contribution in [0, 0.1) is 0 Å². The number of alkyl halides is 3. The van der Waals surface area contributed by atoms with Crippen molar-refractivity contribution in [3.8, 4) is 11.5 Å². The number of rotatable bonds is 3. The molecule has 0 aromatic carbocycles. The van der Waals surface area contributed by atoms with Crippen molar-refractivity contribution < 1.29 is 21.6 Å². The molecule has 28 heavy (non-hydrogen) atoms. The molecule has 0 fully saturated rings. The van der Waals surface area contributed by atoms with E-state index < -0.39 is 21.6 Å². The summed E-state index contributed by atoms with van der Waals surface area (Å²) in [4.78, 5) is 8.07. The van der Waals surface area contributed by atoms with E-state index in [2.05, 4.69) is 15.1 Å². The third-order valence-electron chi connectivity index (χ3n) is 4.43. The molecule has 146 valence electrons. The van der Waals surface area contributed by atoms with Gasteiger partial charge in [0.15, 0.2) is 21.3 Å². The van der Waals surface area contributed by atoms with Gasteiger partial charge in [-0.3, -0.25) is 0 Å². The molecule has 4 rings (SSSR count). The Labute approximate surface area is 157 Å². The third kappa shape index (κ3) is 2.73. The summed E-state index contributed by atoms with van der Waals surface area (Å²) < 4.78 is 67.2. The van der Waals surface area contributed by atoms with Gasteiger partial charge in [0.25, 0.3) is 0 Å². The van der Waals surface area contributed by atoms with Crippen LogP contribution in [-0.4, -0.2) is 38.3 Å². The van der Waals surface area contributed by atoms with Crippen LogP contribution in [0.3, 0.4) is 0 Å². The summed E-state index contributed by atoms with van der Waals surface area (Å²) in [6.07, 6.45) is -2.24. The minimum Gasteiger partial charge on any atom is -0.310 e. The smallest absolute Gasteiger partial charge is 0.310 e. The zero-order valence-corrected chi connectivity index (χ0v) is 15.6. The molecule has 0 amide bonds. The Morgan fingerprint density at radius 1 is 1.21 bits per heavy atom. The minimum atomic E-state index is -4.56. The molecular formula is C17H14F3N5O2S. The summed E-state index contributed by atoms with van der Waals surface area (Å²) in [5.41, 5.74) is -0.289. The van der Waals surface area contributed by atoms with Crippen molar-refractivity contribution in [3.05, 3.63) is 42.2 Å². The Kier molecular flexibility index (Phi) is 3.96. The molecule has 0 aliphatic heterocycles. The molecule has 11 heteroatoms. The normalized spacial score (nSPS) is 12.9. The van der Waals surface area contributed by atoms with Gasteiger partial charge in [0.1, 0.15) is 16.1 Å². The number of fused-ring (bicyclic) bond motifs is 2. The average Bonchev–Trinajstić information content (AvgIpc) is 3.19. The van der Waals surface area contributed by atoms with Gasteiger partial charge in [-0.25, -0.2) is 22.9 Å². The van der Waals surface area contributed by atoms with Crippen molar-refractivity contribution in [2.24, 2.45) is 7.05 Å². The highest BCUT2D eigenvalue weighted by atomic mass is 32.2. The summed E-state index contributed by atoms with van der Waals surface area (Å²) in [6, 6.07) is 5.87. The van der Waals surface area contributed by atoms with E-state index in [9.17, 15) is 21.6 Å². The van der Waals surface area contributed by atoms with Gasteiger partial charge in [-0.1, -0.05) is 13.0 Å². The Bertz CT molecular complexity index is 1320. The van der Waals surface area contributed by atoms with E-state index in [1.165, 1.54) is 16.0 Å². The van der Waals surface area contributed by atoms with E-state index in [0.29, 0.717) is 5.52 Å². The molecular weight excluding hydrogens is 395 g/mol. The number of hydrogen-bond acceptors (Lipinski definition) is 5. The van der Waals surface area contributed by atoms with E-state index in [-0.39, 0.29) is 33.3 Å². The lowest BCUT2D eigenvalue weighted by molar-refractivity contribution is -0.137. The van der Waals surface area contributed by atoms with Crippen molar-refractivity contribution in [1.29, 1.82) is 0 Å². The van der Waals surface area contributed by atoms with Gasteiger partial charge in [-0.15, -0.1) is 0 Å². The molecule has 0 saturated carbocycles. The zero-order chi connectivity index (χ0) is 20.3. The summed E-state index contributed by atoms with van der Waals surface area (Å²) >= 11 is 0. The van der Waals surface area contributed by atoms with E-state index in [0.717, 1.165) is 12.3 Å². The van der Waals surface area contributed by atoms with Gasteiger partial charge >= 0.3 is 6.18 Å². The number of imidazole rings is 1.